The number of cyclic esters (lactones) is 1. The lowest BCUT2D eigenvalue weighted by molar-refractivity contribution is -0.143. The first-order valence-corrected chi connectivity index (χ1v) is 21.8. The normalized spacial score (nSPS) is 30.6. The van der Waals surface area contributed by atoms with Gasteiger partial charge in [-0.1, -0.05) is 32.9 Å². The quantitative estimate of drug-likeness (QED) is 0.339. The highest BCUT2D eigenvalue weighted by Crippen LogP contribution is 2.58. The Bertz CT molecular complexity index is 2050. The van der Waals surface area contributed by atoms with Crippen molar-refractivity contribution >= 4 is 44.6 Å². The molecule has 4 amide bonds. The minimum Gasteiger partial charge on any atom is -0.496 e. The zero-order valence-corrected chi connectivity index (χ0v) is 34.0. The first kappa shape index (κ1) is 38.9. The Hall–Kier alpha value is -3.91. The minimum absolute atomic E-state index is 0.0118. The number of carbonyl (C=O) groups is 4. The molecule has 1 saturated heterocycles. The molecule has 5 bridgehead atoms. The Morgan fingerprint density at radius 1 is 0.964 bits per heavy atom. The number of hydrogen-bond donors (Lipinski definition) is 3. The minimum atomic E-state index is -3.87. The number of nitrogens with one attached hydrogen (secondary N) is 3. The number of benzene rings is 2. The van der Waals surface area contributed by atoms with Gasteiger partial charge < -0.3 is 29.7 Å². The lowest BCUT2D eigenvalue weighted by Crippen LogP contribution is -2.60. The molecule has 1 spiro atoms. The van der Waals surface area contributed by atoms with Crippen LogP contribution in [0.3, 0.4) is 0 Å². The second kappa shape index (κ2) is 13.9. The molecule has 2 aromatic carbocycles. The fourth-order valence-electron chi connectivity index (χ4n) is 9.40. The van der Waals surface area contributed by atoms with Crippen molar-refractivity contribution < 1.29 is 41.8 Å². The number of alkyl carbamates (subject to hydrolysis) is 1. The second-order valence-electron chi connectivity index (χ2n) is 18.6. The molecule has 14 heteroatoms. The molecule has 2 heterocycles. The number of sulfonamides is 1. The van der Waals surface area contributed by atoms with Gasteiger partial charge in [-0.3, -0.25) is 19.1 Å². The third-order valence-electron chi connectivity index (χ3n) is 13.6. The fraction of sp³-hybridized carbons (Fsp3) is 0.667. The lowest BCUT2D eigenvalue weighted by atomic mass is 9.85. The first-order chi connectivity index (χ1) is 26.5. The maximum Gasteiger partial charge on any atom is 0.407 e. The predicted molar refractivity (Wildman–Crippen MR) is 208 cm³/mol. The second-order valence-corrected chi connectivity index (χ2v) is 20.5. The van der Waals surface area contributed by atoms with Gasteiger partial charge in [0, 0.05) is 13.5 Å². The lowest BCUT2D eigenvalue weighted by Gasteiger charge is -2.36. The predicted octanol–water partition coefficient (Wildman–Crippen LogP) is 4.83. The summed E-state index contributed by atoms with van der Waals surface area (Å²) in [4.78, 5) is 58.4. The van der Waals surface area contributed by atoms with Gasteiger partial charge in [0.1, 0.15) is 29.0 Å². The highest BCUT2D eigenvalue weighted by molar-refractivity contribution is 7.91. The van der Waals surface area contributed by atoms with E-state index in [1.54, 1.807) is 14.2 Å². The van der Waals surface area contributed by atoms with Gasteiger partial charge in [-0.15, -0.1) is 0 Å². The molecule has 8 rings (SSSR count). The molecule has 304 valence electrons. The van der Waals surface area contributed by atoms with Crippen LogP contribution in [0, 0.1) is 22.7 Å². The zero-order chi connectivity index (χ0) is 39.8. The summed E-state index contributed by atoms with van der Waals surface area (Å²) in [5, 5.41) is 7.20. The summed E-state index contributed by atoms with van der Waals surface area (Å²) in [6.07, 6.45) is 8.14. The van der Waals surface area contributed by atoms with Gasteiger partial charge in [-0.2, -0.15) is 0 Å². The van der Waals surface area contributed by atoms with Gasteiger partial charge in [-0.25, -0.2) is 13.2 Å². The van der Waals surface area contributed by atoms with Crippen LogP contribution >= 0.6 is 0 Å². The molecule has 0 unspecified atom stereocenters. The van der Waals surface area contributed by atoms with E-state index in [4.69, 9.17) is 14.2 Å². The number of methoxy groups -OCH3 is 2. The maximum absolute atomic E-state index is 14.9. The maximum atomic E-state index is 14.9. The third kappa shape index (κ3) is 7.36. The van der Waals surface area contributed by atoms with E-state index in [-0.39, 0.29) is 36.8 Å². The Morgan fingerprint density at radius 3 is 2.36 bits per heavy atom. The number of rotatable bonds is 8. The van der Waals surface area contributed by atoms with Crippen LogP contribution in [0.4, 0.5) is 4.79 Å². The van der Waals surface area contributed by atoms with Gasteiger partial charge >= 0.3 is 6.09 Å². The Labute approximate surface area is 329 Å². The number of fused-ring (bicyclic) bond motifs is 5. The van der Waals surface area contributed by atoms with Crippen molar-refractivity contribution in [2.45, 2.75) is 126 Å². The SMILES string of the molecule is COc1cc2ccc3cc2cc1CCCC1(CCOC(=O)N[C@@H](C(C)(C)C)C(=O)N2C[C@@]3(OC)C[C@H]2C(=O)N[C@@]2(C(=O)NS(=O)(=O)C3CC3)C[C@H]2C2CC2)CC1. The molecular weight excluding hydrogens is 737 g/mol. The van der Waals surface area contributed by atoms with Crippen LogP contribution in [-0.2, 0) is 45.9 Å². The van der Waals surface area contributed by atoms with Crippen molar-refractivity contribution in [2.75, 3.05) is 27.4 Å². The molecule has 0 aromatic heterocycles. The van der Waals surface area contributed by atoms with E-state index in [9.17, 15) is 27.6 Å². The summed E-state index contributed by atoms with van der Waals surface area (Å²) in [5.41, 5.74) is -1.33. The summed E-state index contributed by atoms with van der Waals surface area (Å²) in [7, 11) is -0.622. The standard InChI is InChI=1S/C42H56N4O9S/c1-39(2,3)34-36(48)46-24-41(54-5,23-32(46)35(47)44-42(22-31(42)25-8-9-25)37(49)45-56(51,52)30-12-13-30)29-11-10-26-21-33(53-4)27(19-28(26)20-29)7-6-14-40(15-16-40)17-18-55-38(50)43-34/h10-11,19-21,25,30-32,34H,6-9,12-18,22-24H2,1-5H3,(H,43,50)(H,44,47)(H,45,49)/t31-,32-,34+,41-,42-/m0/s1. The molecule has 6 aliphatic rings. The van der Waals surface area contributed by atoms with Crippen molar-refractivity contribution in [3.8, 4) is 5.75 Å². The topological polar surface area (TPSA) is 169 Å². The summed E-state index contributed by atoms with van der Waals surface area (Å²) in [6.45, 7) is 5.75. The van der Waals surface area contributed by atoms with E-state index in [1.165, 1.54) is 4.90 Å². The van der Waals surface area contributed by atoms with E-state index >= 15 is 0 Å². The number of aryl methyl sites for hydroxylation is 1. The van der Waals surface area contributed by atoms with E-state index in [0.29, 0.717) is 19.3 Å². The van der Waals surface area contributed by atoms with E-state index in [0.717, 1.165) is 79.0 Å². The van der Waals surface area contributed by atoms with Crippen molar-refractivity contribution in [2.24, 2.45) is 22.7 Å². The fourth-order valence-corrected chi connectivity index (χ4v) is 10.8. The number of carbonyl (C=O) groups excluding carboxylic acids is 4. The highest BCUT2D eigenvalue weighted by Gasteiger charge is 2.67. The van der Waals surface area contributed by atoms with Crippen LogP contribution < -0.4 is 20.1 Å². The molecule has 3 N–H and O–H groups in total. The molecule has 13 nitrogen and oxygen atoms in total. The van der Waals surface area contributed by atoms with Crippen molar-refractivity contribution in [3.05, 3.63) is 41.5 Å². The van der Waals surface area contributed by atoms with Gasteiger partial charge in [0.05, 0.1) is 25.5 Å². The van der Waals surface area contributed by atoms with Crippen LogP contribution in [0.15, 0.2) is 30.3 Å². The Morgan fingerprint density at radius 2 is 1.71 bits per heavy atom. The monoisotopic (exact) mass is 792 g/mol. The van der Waals surface area contributed by atoms with E-state index in [2.05, 4.69) is 27.5 Å². The van der Waals surface area contributed by atoms with Crippen LogP contribution in [-0.4, -0.2) is 87.4 Å². The number of nitrogens with zero attached hydrogens (tertiary/aromatic N) is 1. The Kier molecular flexibility index (Phi) is 9.65. The molecule has 2 aromatic rings. The van der Waals surface area contributed by atoms with E-state index in [1.807, 2.05) is 39.0 Å². The van der Waals surface area contributed by atoms with Crippen molar-refractivity contribution in [3.63, 3.8) is 0 Å². The summed E-state index contributed by atoms with van der Waals surface area (Å²) >= 11 is 0. The molecule has 4 saturated carbocycles. The largest absolute Gasteiger partial charge is 0.496 e. The van der Waals surface area contributed by atoms with E-state index < -0.39 is 67.7 Å². The average Bonchev–Trinajstić information content (AvgIpc) is 3.94. The molecule has 2 aliphatic heterocycles. The van der Waals surface area contributed by atoms with Gasteiger partial charge in [-0.05, 0) is 133 Å². The van der Waals surface area contributed by atoms with Crippen LogP contribution in [0.1, 0.15) is 103 Å². The highest BCUT2D eigenvalue weighted by atomic mass is 32.2. The molecule has 4 aliphatic carbocycles. The first-order valence-electron chi connectivity index (χ1n) is 20.3. The van der Waals surface area contributed by atoms with Crippen molar-refractivity contribution in [1.82, 2.24) is 20.3 Å². The smallest absolute Gasteiger partial charge is 0.407 e. The third-order valence-corrected chi connectivity index (χ3v) is 15.4. The molecule has 56 heavy (non-hydrogen) atoms. The van der Waals surface area contributed by atoms with Gasteiger partial charge in [0.15, 0.2) is 0 Å². The van der Waals surface area contributed by atoms with Crippen LogP contribution in [0.5, 0.6) is 5.75 Å². The van der Waals surface area contributed by atoms with Crippen LogP contribution in [0.2, 0.25) is 0 Å². The molecule has 5 atom stereocenters. The van der Waals surface area contributed by atoms with Crippen LogP contribution in [0.25, 0.3) is 10.8 Å². The molecule has 5 fully saturated rings. The Balaban J connectivity index is 1.17. The van der Waals surface area contributed by atoms with Gasteiger partial charge in [0.2, 0.25) is 21.8 Å². The van der Waals surface area contributed by atoms with Gasteiger partial charge in [0.25, 0.3) is 5.91 Å². The summed E-state index contributed by atoms with van der Waals surface area (Å²) in [6, 6.07) is 8.02. The number of hydrogen-bond acceptors (Lipinski definition) is 9. The summed E-state index contributed by atoms with van der Waals surface area (Å²) in [5.74, 6) is -0.951. The molecular formula is C42H56N4O9S. The average molecular weight is 793 g/mol. The zero-order valence-electron chi connectivity index (χ0n) is 33.2. The summed E-state index contributed by atoms with van der Waals surface area (Å²) < 4.78 is 46.0. The number of ether oxygens (including phenoxy) is 3. The molecule has 0 radical (unpaired) electrons. The van der Waals surface area contributed by atoms with Crippen molar-refractivity contribution in [1.29, 1.82) is 0 Å². The number of amides is 4.